The van der Waals surface area contributed by atoms with Crippen LogP contribution in [0.15, 0.2) is 72.8 Å². The smallest absolute Gasteiger partial charge is 0.323 e. The Balaban J connectivity index is 1.82. The zero-order chi connectivity index (χ0) is 21.5. The maximum absolute atomic E-state index is 13.2. The van der Waals surface area contributed by atoms with E-state index in [1.807, 2.05) is 62.4 Å². The van der Waals surface area contributed by atoms with Crippen molar-refractivity contribution >= 4 is 11.9 Å². The Bertz CT molecular complexity index is 1030. The summed E-state index contributed by atoms with van der Waals surface area (Å²) >= 11 is 0. The second-order valence-electron chi connectivity index (χ2n) is 7.21. The van der Waals surface area contributed by atoms with E-state index in [4.69, 9.17) is 4.74 Å². The second-order valence-corrected chi connectivity index (χ2v) is 7.21. The minimum Gasteiger partial charge on any atom is -0.480 e. The molecule has 3 aromatic rings. The molecule has 3 aromatic carbocycles. The van der Waals surface area contributed by atoms with E-state index in [-0.39, 0.29) is 12.5 Å². The maximum Gasteiger partial charge on any atom is 0.323 e. The zero-order valence-electron chi connectivity index (χ0n) is 17.2. The number of ether oxygens (including phenoxy) is 1. The number of aryl methyl sites for hydroxylation is 2. The molecule has 154 valence electrons. The lowest BCUT2D eigenvalue weighted by Gasteiger charge is -2.22. The molecule has 0 saturated heterocycles. The highest BCUT2D eigenvalue weighted by atomic mass is 16.5. The van der Waals surface area contributed by atoms with Gasteiger partial charge in [0.1, 0.15) is 18.0 Å². The van der Waals surface area contributed by atoms with Gasteiger partial charge in [-0.3, -0.25) is 9.59 Å². The molecular formula is C25H25NO4. The highest BCUT2D eigenvalue weighted by molar-refractivity contribution is 5.98. The first-order valence-corrected chi connectivity index (χ1v) is 9.83. The number of benzene rings is 3. The van der Waals surface area contributed by atoms with Gasteiger partial charge >= 0.3 is 5.97 Å². The van der Waals surface area contributed by atoms with Gasteiger partial charge in [0.05, 0.1) is 5.56 Å². The molecule has 5 heteroatoms. The van der Waals surface area contributed by atoms with Crippen molar-refractivity contribution in [2.24, 2.45) is 0 Å². The van der Waals surface area contributed by atoms with Crippen LogP contribution in [0.2, 0.25) is 0 Å². The number of rotatable bonds is 8. The molecule has 0 saturated carbocycles. The van der Waals surface area contributed by atoms with E-state index in [1.165, 1.54) is 4.90 Å². The van der Waals surface area contributed by atoms with E-state index >= 15 is 0 Å². The SMILES string of the molecule is Cc1ccc(Oc2ccccc2C(=O)N(CCc2ccccc2C)CC(=O)O)cc1. The molecule has 0 fully saturated rings. The van der Waals surface area contributed by atoms with E-state index in [0.29, 0.717) is 30.0 Å². The molecule has 0 aliphatic carbocycles. The van der Waals surface area contributed by atoms with Crippen LogP contribution in [0.5, 0.6) is 11.5 Å². The normalized spacial score (nSPS) is 10.5. The molecule has 0 bridgehead atoms. The summed E-state index contributed by atoms with van der Waals surface area (Å²) in [6, 6.07) is 22.3. The fourth-order valence-corrected chi connectivity index (χ4v) is 3.20. The molecule has 1 N–H and O–H groups in total. The number of para-hydroxylation sites is 1. The van der Waals surface area contributed by atoms with Crippen LogP contribution in [0.1, 0.15) is 27.0 Å². The molecule has 0 aliphatic heterocycles. The van der Waals surface area contributed by atoms with Crippen LogP contribution in [0.3, 0.4) is 0 Å². The molecule has 30 heavy (non-hydrogen) atoms. The van der Waals surface area contributed by atoms with Crippen molar-refractivity contribution in [3.8, 4) is 11.5 Å². The largest absolute Gasteiger partial charge is 0.480 e. The fraction of sp³-hybridized carbons (Fsp3) is 0.200. The van der Waals surface area contributed by atoms with Crippen molar-refractivity contribution in [2.75, 3.05) is 13.1 Å². The van der Waals surface area contributed by atoms with Crippen molar-refractivity contribution in [1.82, 2.24) is 4.90 Å². The molecule has 0 aliphatic rings. The summed E-state index contributed by atoms with van der Waals surface area (Å²) < 4.78 is 5.93. The maximum atomic E-state index is 13.2. The van der Waals surface area contributed by atoms with E-state index in [2.05, 4.69) is 0 Å². The Morgan fingerprint density at radius 3 is 2.27 bits per heavy atom. The first-order valence-electron chi connectivity index (χ1n) is 9.83. The zero-order valence-corrected chi connectivity index (χ0v) is 17.2. The number of carboxylic acids is 1. The minimum atomic E-state index is -1.05. The van der Waals surface area contributed by atoms with Crippen LogP contribution in [0.25, 0.3) is 0 Å². The molecule has 0 atom stereocenters. The van der Waals surface area contributed by atoms with Gasteiger partial charge in [0.25, 0.3) is 5.91 Å². The molecule has 0 aromatic heterocycles. The van der Waals surface area contributed by atoms with Gasteiger partial charge in [0.2, 0.25) is 0 Å². The molecule has 0 heterocycles. The summed E-state index contributed by atoms with van der Waals surface area (Å²) in [4.78, 5) is 26.0. The Morgan fingerprint density at radius 1 is 0.900 bits per heavy atom. The molecular weight excluding hydrogens is 378 g/mol. The fourth-order valence-electron chi connectivity index (χ4n) is 3.20. The standard InChI is InChI=1S/C25H25NO4/c1-18-11-13-21(14-12-18)30-23-10-6-5-9-22(23)25(29)26(17-24(27)28)16-15-20-8-4-3-7-19(20)2/h3-14H,15-17H2,1-2H3,(H,27,28). The highest BCUT2D eigenvalue weighted by Crippen LogP contribution is 2.26. The summed E-state index contributed by atoms with van der Waals surface area (Å²) in [7, 11) is 0. The quantitative estimate of drug-likeness (QED) is 0.583. The van der Waals surface area contributed by atoms with Gasteiger partial charge in [-0.15, -0.1) is 0 Å². The van der Waals surface area contributed by atoms with Gasteiger partial charge < -0.3 is 14.7 Å². The number of aliphatic carboxylic acids is 1. The van der Waals surface area contributed by atoms with E-state index in [1.54, 1.807) is 24.3 Å². The monoisotopic (exact) mass is 403 g/mol. The van der Waals surface area contributed by atoms with Crippen LogP contribution in [-0.2, 0) is 11.2 Å². The van der Waals surface area contributed by atoms with Gasteiger partial charge in [-0.2, -0.15) is 0 Å². The summed E-state index contributed by atoms with van der Waals surface area (Å²) in [5, 5.41) is 9.34. The second kappa shape index (κ2) is 9.74. The lowest BCUT2D eigenvalue weighted by molar-refractivity contribution is -0.137. The van der Waals surface area contributed by atoms with Crippen molar-refractivity contribution < 1.29 is 19.4 Å². The van der Waals surface area contributed by atoms with Crippen molar-refractivity contribution in [3.05, 3.63) is 95.1 Å². The van der Waals surface area contributed by atoms with E-state index in [0.717, 1.165) is 16.7 Å². The van der Waals surface area contributed by atoms with E-state index in [9.17, 15) is 14.7 Å². The van der Waals surface area contributed by atoms with Gasteiger partial charge in [-0.1, -0.05) is 54.1 Å². The summed E-state index contributed by atoms with van der Waals surface area (Å²) in [5.41, 5.74) is 3.65. The Labute approximate surface area is 176 Å². The number of carbonyl (C=O) groups is 2. The Hall–Kier alpha value is -3.60. The van der Waals surface area contributed by atoms with Gasteiger partial charge in [-0.05, 0) is 55.7 Å². The molecule has 5 nitrogen and oxygen atoms in total. The number of carboxylic acid groups (broad SMARTS) is 1. The third kappa shape index (κ3) is 5.47. The highest BCUT2D eigenvalue weighted by Gasteiger charge is 2.22. The number of amides is 1. The van der Waals surface area contributed by atoms with Crippen LogP contribution >= 0.6 is 0 Å². The average molecular weight is 403 g/mol. The average Bonchev–Trinajstić information content (AvgIpc) is 2.73. The Morgan fingerprint density at radius 2 is 1.57 bits per heavy atom. The molecule has 0 radical (unpaired) electrons. The van der Waals surface area contributed by atoms with Crippen LogP contribution in [0, 0.1) is 13.8 Å². The predicted octanol–water partition coefficient (Wildman–Crippen LogP) is 4.87. The topological polar surface area (TPSA) is 66.8 Å². The van der Waals surface area contributed by atoms with E-state index < -0.39 is 5.97 Å². The summed E-state index contributed by atoms with van der Waals surface area (Å²) in [6.07, 6.45) is 0.576. The number of carbonyl (C=O) groups excluding carboxylic acids is 1. The van der Waals surface area contributed by atoms with Gasteiger partial charge in [0.15, 0.2) is 0 Å². The summed E-state index contributed by atoms with van der Waals surface area (Å²) in [5.74, 6) is -0.401. The first kappa shape index (κ1) is 21.1. The number of hydrogen-bond acceptors (Lipinski definition) is 3. The number of nitrogens with zero attached hydrogens (tertiary/aromatic N) is 1. The van der Waals surface area contributed by atoms with Crippen molar-refractivity contribution in [2.45, 2.75) is 20.3 Å². The molecule has 3 rings (SSSR count). The first-order chi connectivity index (χ1) is 14.4. The summed E-state index contributed by atoms with van der Waals surface area (Å²) in [6.45, 7) is 3.92. The molecule has 0 unspecified atom stereocenters. The van der Waals surface area contributed by atoms with Crippen molar-refractivity contribution in [1.29, 1.82) is 0 Å². The number of hydrogen-bond donors (Lipinski definition) is 1. The van der Waals surface area contributed by atoms with Crippen LogP contribution in [-0.4, -0.2) is 35.0 Å². The third-order valence-electron chi connectivity index (χ3n) is 4.89. The van der Waals surface area contributed by atoms with Crippen LogP contribution < -0.4 is 4.74 Å². The van der Waals surface area contributed by atoms with Gasteiger partial charge in [-0.25, -0.2) is 0 Å². The third-order valence-corrected chi connectivity index (χ3v) is 4.89. The molecule has 0 spiro atoms. The van der Waals surface area contributed by atoms with Crippen molar-refractivity contribution in [3.63, 3.8) is 0 Å². The lowest BCUT2D eigenvalue weighted by Crippen LogP contribution is -2.37. The van der Waals surface area contributed by atoms with Gasteiger partial charge in [0, 0.05) is 6.54 Å². The lowest BCUT2D eigenvalue weighted by atomic mass is 10.1. The van der Waals surface area contributed by atoms with Crippen LogP contribution in [0.4, 0.5) is 0 Å². The minimum absolute atomic E-state index is 0.300. The Kier molecular flexibility index (Phi) is 6.86. The molecule has 1 amide bonds. The predicted molar refractivity (Wildman–Crippen MR) is 116 cm³/mol.